The average molecular weight is 400 g/mol. The summed E-state index contributed by atoms with van der Waals surface area (Å²) in [7, 11) is 1.58. The summed E-state index contributed by atoms with van der Waals surface area (Å²) in [6.07, 6.45) is 0. The molecule has 1 aromatic heterocycles. The van der Waals surface area contributed by atoms with Gasteiger partial charge in [0.2, 0.25) is 0 Å². The van der Waals surface area contributed by atoms with E-state index < -0.39 is 11.2 Å². The zero-order chi connectivity index (χ0) is 21.0. The van der Waals surface area contributed by atoms with Gasteiger partial charge in [-0.3, -0.25) is 14.3 Å². The summed E-state index contributed by atoms with van der Waals surface area (Å²) in [6, 6.07) is 14.2. The van der Waals surface area contributed by atoms with E-state index >= 15 is 0 Å². The number of aryl methyl sites for hydroxylation is 1. The number of pyridine rings is 2. The predicted molar refractivity (Wildman–Crippen MR) is 113 cm³/mol. The average Bonchev–Trinajstić information content (AvgIpc) is 2.71. The maximum atomic E-state index is 12.5. The van der Waals surface area contributed by atoms with Crippen molar-refractivity contribution in [3.05, 3.63) is 74.9 Å². The van der Waals surface area contributed by atoms with Gasteiger partial charge in [-0.15, -0.1) is 0 Å². The minimum absolute atomic E-state index is 0.0177. The molecule has 0 atom stereocenters. The van der Waals surface area contributed by atoms with Crippen molar-refractivity contribution >= 4 is 21.9 Å². The van der Waals surface area contributed by atoms with Crippen LogP contribution in [0.5, 0.6) is 11.5 Å². The fourth-order valence-electron chi connectivity index (χ4n) is 3.62. The zero-order valence-corrected chi connectivity index (χ0v) is 16.1. The second-order valence-corrected chi connectivity index (χ2v) is 7.04. The van der Waals surface area contributed by atoms with Crippen molar-refractivity contribution in [1.82, 2.24) is 19.5 Å². The van der Waals surface area contributed by atoms with Crippen LogP contribution in [0.1, 0.15) is 5.56 Å². The number of phenols is 1. The van der Waals surface area contributed by atoms with Crippen LogP contribution in [0, 0.1) is 6.92 Å². The number of nitrogens with one attached hydrogen (secondary N) is 1. The number of methoxy groups -OCH3 is 1. The molecule has 0 unspecified atom stereocenters. The monoisotopic (exact) mass is 400 g/mol. The van der Waals surface area contributed by atoms with Crippen LogP contribution in [0.25, 0.3) is 39.0 Å². The molecule has 2 aliphatic heterocycles. The minimum atomic E-state index is -0.769. The standard InChI is InChI=1S/C22H16N4O4/c1-11-3-6-17(18(27)7-11)26-19-13(9-15-20(26)24-22(29)25-21(15)28)8-12-4-5-14(30-2)10-16(12)23-19/h3-10,27H,1-2H3,(H,25,28,29). The van der Waals surface area contributed by atoms with E-state index in [-0.39, 0.29) is 17.1 Å². The van der Waals surface area contributed by atoms with Gasteiger partial charge in [0.25, 0.3) is 5.56 Å². The molecule has 0 radical (unpaired) electrons. The van der Waals surface area contributed by atoms with Crippen LogP contribution in [0.2, 0.25) is 0 Å². The highest BCUT2D eigenvalue weighted by atomic mass is 16.5. The van der Waals surface area contributed by atoms with Gasteiger partial charge in [-0.1, -0.05) is 6.07 Å². The van der Waals surface area contributed by atoms with Gasteiger partial charge in [0.1, 0.15) is 17.1 Å². The largest absolute Gasteiger partial charge is 0.506 e. The number of aromatic amines is 1. The van der Waals surface area contributed by atoms with Gasteiger partial charge in [0, 0.05) is 16.8 Å². The Hall–Kier alpha value is -4.20. The predicted octanol–water partition coefficient (Wildman–Crippen LogP) is 2.75. The van der Waals surface area contributed by atoms with Crippen LogP contribution in [0.4, 0.5) is 0 Å². The first-order valence-corrected chi connectivity index (χ1v) is 9.19. The smallest absolute Gasteiger partial charge is 0.349 e. The van der Waals surface area contributed by atoms with E-state index in [0.717, 1.165) is 10.9 Å². The van der Waals surface area contributed by atoms with Crippen molar-refractivity contribution in [3.8, 4) is 28.6 Å². The highest BCUT2D eigenvalue weighted by Crippen LogP contribution is 2.33. The third-order valence-corrected chi connectivity index (χ3v) is 5.04. The van der Waals surface area contributed by atoms with Crippen molar-refractivity contribution < 1.29 is 9.84 Å². The van der Waals surface area contributed by atoms with Gasteiger partial charge in [-0.05, 0) is 48.9 Å². The molecule has 0 saturated carbocycles. The Balaban J connectivity index is 2.01. The summed E-state index contributed by atoms with van der Waals surface area (Å²) in [5, 5.41) is 12.1. The van der Waals surface area contributed by atoms with Crippen molar-refractivity contribution in [2.75, 3.05) is 7.11 Å². The van der Waals surface area contributed by atoms with Crippen molar-refractivity contribution in [2.45, 2.75) is 6.92 Å². The Morgan fingerprint density at radius 1 is 1.00 bits per heavy atom. The molecule has 0 saturated heterocycles. The molecule has 148 valence electrons. The van der Waals surface area contributed by atoms with E-state index in [1.807, 2.05) is 31.2 Å². The van der Waals surface area contributed by atoms with Crippen LogP contribution >= 0.6 is 0 Å². The second kappa shape index (κ2) is 6.41. The fraction of sp³-hybridized carbons (Fsp3) is 0.0909. The molecule has 0 spiro atoms. The van der Waals surface area contributed by atoms with Crippen LogP contribution in [-0.2, 0) is 0 Å². The van der Waals surface area contributed by atoms with E-state index in [0.29, 0.717) is 28.0 Å². The molecule has 5 rings (SSSR count). The Bertz CT molecular complexity index is 1550. The van der Waals surface area contributed by atoms with Crippen molar-refractivity contribution in [3.63, 3.8) is 0 Å². The molecule has 8 nitrogen and oxygen atoms in total. The highest BCUT2D eigenvalue weighted by molar-refractivity contribution is 5.95. The number of ether oxygens (including phenoxy) is 1. The van der Waals surface area contributed by atoms with E-state index in [1.165, 1.54) is 4.57 Å². The van der Waals surface area contributed by atoms with Gasteiger partial charge in [-0.2, -0.15) is 4.98 Å². The molecule has 0 aliphatic carbocycles. The van der Waals surface area contributed by atoms with Crippen LogP contribution in [-0.4, -0.2) is 31.7 Å². The van der Waals surface area contributed by atoms with Gasteiger partial charge < -0.3 is 9.84 Å². The van der Waals surface area contributed by atoms with Crippen LogP contribution in [0.3, 0.4) is 0 Å². The number of rotatable bonds is 2. The lowest BCUT2D eigenvalue weighted by molar-refractivity contribution is 0.415. The Labute approximate surface area is 169 Å². The number of phenolic OH excluding ortho intramolecular Hbond substituents is 1. The number of fused-ring (bicyclic) bond motifs is 3. The van der Waals surface area contributed by atoms with Gasteiger partial charge in [0.05, 0.1) is 23.9 Å². The molecule has 0 amide bonds. The lowest BCUT2D eigenvalue weighted by Crippen LogP contribution is -2.27. The van der Waals surface area contributed by atoms with Crippen molar-refractivity contribution in [2.24, 2.45) is 0 Å². The van der Waals surface area contributed by atoms with Crippen molar-refractivity contribution in [1.29, 1.82) is 0 Å². The van der Waals surface area contributed by atoms with E-state index in [4.69, 9.17) is 9.72 Å². The molecule has 2 N–H and O–H groups in total. The normalized spacial score (nSPS) is 11.4. The summed E-state index contributed by atoms with van der Waals surface area (Å²) in [5.74, 6) is 0.748. The molecule has 3 aromatic rings. The molecular formula is C22H16N4O4. The first-order valence-electron chi connectivity index (χ1n) is 9.19. The molecule has 3 heterocycles. The zero-order valence-electron chi connectivity index (χ0n) is 16.1. The quantitative estimate of drug-likeness (QED) is 0.441. The first-order chi connectivity index (χ1) is 14.4. The third kappa shape index (κ3) is 2.69. The molecule has 0 fully saturated rings. The second-order valence-electron chi connectivity index (χ2n) is 7.04. The molecule has 30 heavy (non-hydrogen) atoms. The number of benzene rings is 2. The van der Waals surface area contributed by atoms with E-state index in [1.54, 1.807) is 31.4 Å². The first kappa shape index (κ1) is 17.9. The number of hydrogen-bond acceptors (Lipinski definition) is 6. The third-order valence-electron chi connectivity index (χ3n) is 5.04. The van der Waals surface area contributed by atoms with Crippen LogP contribution < -0.4 is 16.0 Å². The van der Waals surface area contributed by atoms with Gasteiger partial charge in [0.15, 0.2) is 5.82 Å². The SMILES string of the molecule is COc1ccc2cc3cc4c(=O)[nH]c(=O)nc-4n(-c4ccc(C)cc4O)c3nc2c1. The summed E-state index contributed by atoms with van der Waals surface area (Å²) < 4.78 is 6.83. The molecule has 8 heteroatoms. The maximum absolute atomic E-state index is 12.5. The number of aromatic nitrogens is 4. The molecule has 0 bridgehead atoms. The summed E-state index contributed by atoms with van der Waals surface area (Å²) in [5.41, 5.74) is 1.23. The molecular weight excluding hydrogens is 384 g/mol. The fourth-order valence-corrected chi connectivity index (χ4v) is 3.62. The minimum Gasteiger partial charge on any atom is -0.506 e. The lowest BCUT2D eigenvalue weighted by Gasteiger charge is -2.18. The maximum Gasteiger partial charge on any atom is 0.349 e. The molecule has 2 aromatic carbocycles. The Morgan fingerprint density at radius 3 is 2.60 bits per heavy atom. The highest BCUT2D eigenvalue weighted by Gasteiger charge is 2.21. The van der Waals surface area contributed by atoms with Gasteiger partial charge >= 0.3 is 5.69 Å². The topological polar surface area (TPSA) is 110 Å². The molecule has 2 aliphatic rings. The number of aromatic hydroxyl groups is 1. The summed E-state index contributed by atoms with van der Waals surface area (Å²) in [6.45, 7) is 1.85. The van der Waals surface area contributed by atoms with E-state index in [2.05, 4.69) is 9.97 Å². The van der Waals surface area contributed by atoms with E-state index in [9.17, 15) is 14.7 Å². The lowest BCUT2D eigenvalue weighted by atomic mass is 10.1. The van der Waals surface area contributed by atoms with Crippen LogP contribution in [0.15, 0.2) is 58.1 Å². The number of hydrogen-bond donors (Lipinski definition) is 2. The Kier molecular flexibility index (Phi) is 3.82. The summed E-state index contributed by atoms with van der Waals surface area (Å²) >= 11 is 0. The number of nitrogens with zero attached hydrogens (tertiary/aromatic N) is 3. The van der Waals surface area contributed by atoms with Gasteiger partial charge in [-0.25, -0.2) is 9.78 Å². The summed E-state index contributed by atoms with van der Waals surface area (Å²) in [4.78, 5) is 35.5. The number of H-pyrrole nitrogens is 1. The Morgan fingerprint density at radius 2 is 1.83 bits per heavy atom.